The maximum Gasteiger partial charge on any atom is 0.125 e. The van der Waals surface area contributed by atoms with Crippen molar-refractivity contribution >= 4 is 17.2 Å². The van der Waals surface area contributed by atoms with Gasteiger partial charge in [-0.2, -0.15) is 11.3 Å². The number of rotatable bonds is 3. The molecule has 0 aliphatic carbocycles. The number of thiophene rings is 1. The van der Waals surface area contributed by atoms with Crippen LogP contribution in [-0.2, 0) is 6.54 Å². The van der Waals surface area contributed by atoms with E-state index in [1.165, 1.54) is 11.1 Å². The Morgan fingerprint density at radius 1 is 1.25 bits per heavy atom. The molecule has 2 N–H and O–H groups in total. The Labute approximate surface area is 99.5 Å². The van der Waals surface area contributed by atoms with Gasteiger partial charge >= 0.3 is 0 Å². The Bertz CT molecular complexity index is 486. The predicted molar refractivity (Wildman–Crippen MR) is 69.9 cm³/mol. The number of benzene rings is 1. The molecule has 0 bridgehead atoms. The van der Waals surface area contributed by atoms with Crippen LogP contribution in [-0.4, -0.2) is 5.84 Å². The lowest BCUT2D eigenvalue weighted by atomic mass is 10.2. The van der Waals surface area contributed by atoms with Crippen LogP contribution in [0.2, 0.25) is 0 Å². The molecule has 0 atom stereocenters. The molecular formula is C13H14N2S. The van der Waals surface area contributed by atoms with E-state index in [1.807, 2.05) is 30.3 Å². The summed E-state index contributed by atoms with van der Waals surface area (Å²) in [5.74, 6) is 0.603. The van der Waals surface area contributed by atoms with Crippen molar-refractivity contribution in [3.05, 3.63) is 57.8 Å². The topological polar surface area (TPSA) is 38.4 Å². The second-order valence-corrected chi connectivity index (χ2v) is 4.39. The van der Waals surface area contributed by atoms with E-state index in [2.05, 4.69) is 22.7 Å². The standard InChI is InChI=1S/C13H14N2S/c1-10-8-16-9-12(10)7-15-13(14)11-5-3-2-4-6-11/h2-6,8-9H,7H2,1H3,(H2,14,15). The normalized spacial score (nSPS) is 11.7. The summed E-state index contributed by atoms with van der Waals surface area (Å²) in [6, 6.07) is 9.85. The van der Waals surface area contributed by atoms with Crippen molar-refractivity contribution in [3.63, 3.8) is 0 Å². The first-order valence-electron chi connectivity index (χ1n) is 5.14. The molecule has 0 unspecified atom stereocenters. The third-order valence-electron chi connectivity index (χ3n) is 2.45. The van der Waals surface area contributed by atoms with Crippen molar-refractivity contribution in [2.24, 2.45) is 10.7 Å². The van der Waals surface area contributed by atoms with Crippen LogP contribution >= 0.6 is 11.3 Å². The molecular weight excluding hydrogens is 216 g/mol. The minimum atomic E-state index is 0.603. The van der Waals surface area contributed by atoms with Gasteiger partial charge in [-0.15, -0.1) is 0 Å². The molecule has 1 heterocycles. The molecule has 0 saturated carbocycles. The van der Waals surface area contributed by atoms with Gasteiger partial charge in [0.15, 0.2) is 0 Å². The van der Waals surface area contributed by atoms with Crippen LogP contribution < -0.4 is 5.73 Å². The zero-order valence-electron chi connectivity index (χ0n) is 9.18. The first kappa shape index (κ1) is 10.9. The molecule has 1 aromatic heterocycles. The first-order valence-corrected chi connectivity index (χ1v) is 6.08. The maximum absolute atomic E-state index is 5.92. The number of aryl methyl sites for hydroxylation is 1. The Hall–Kier alpha value is -1.61. The van der Waals surface area contributed by atoms with Gasteiger partial charge in [0.05, 0.1) is 6.54 Å². The quantitative estimate of drug-likeness (QED) is 0.639. The minimum Gasteiger partial charge on any atom is -0.383 e. The summed E-state index contributed by atoms with van der Waals surface area (Å²) >= 11 is 1.70. The van der Waals surface area contributed by atoms with Crippen LogP contribution in [0, 0.1) is 6.92 Å². The van der Waals surface area contributed by atoms with E-state index in [0.29, 0.717) is 12.4 Å². The zero-order valence-corrected chi connectivity index (χ0v) is 10.00. The van der Waals surface area contributed by atoms with Crippen LogP contribution in [0.1, 0.15) is 16.7 Å². The van der Waals surface area contributed by atoms with Gasteiger partial charge in [-0.05, 0) is 28.8 Å². The van der Waals surface area contributed by atoms with Crippen molar-refractivity contribution in [1.29, 1.82) is 0 Å². The van der Waals surface area contributed by atoms with Crippen LogP contribution in [0.25, 0.3) is 0 Å². The second-order valence-electron chi connectivity index (χ2n) is 3.65. The van der Waals surface area contributed by atoms with Crippen LogP contribution in [0.4, 0.5) is 0 Å². The number of hydrogen-bond donors (Lipinski definition) is 1. The molecule has 82 valence electrons. The fourth-order valence-electron chi connectivity index (χ4n) is 1.42. The molecule has 2 nitrogen and oxygen atoms in total. The minimum absolute atomic E-state index is 0.603. The van der Waals surface area contributed by atoms with Gasteiger partial charge in [0.25, 0.3) is 0 Å². The van der Waals surface area contributed by atoms with E-state index in [1.54, 1.807) is 11.3 Å². The van der Waals surface area contributed by atoms with Crippen LogP contribution in [0.15, 0.2) is 46.1 Å². The summed E-state index contributed by atoms with van der Waals surface area (Å²) in [5.41, 5.74) is 9.44. The molecule has 16 heavy (non-hydrogen) atoms. The highest BCUT2D eigenvalue weighted by atomic mass is 32.1. The number of amidine groups is 1. The van der Waals surface area contributed by atoms with E-state index in [-0.39, 0.29) is 0 Å². The zero-order chi connectivity index (χ0) is 11.4. The first-order chi connectivity index (χ1) is 7.77. The van der Waals surface area contributed by atoms with Crippen molar-refractivity contribution in [1.82, 2.24) is 0 Å². The summed E-state index contributed by atoms with van der Waals surface area (Å²) in [7, 11) is 0. The fourth-order valence-corrected chi connectivity index (χ4v) is 2.27. The molecule has 2 aromatic rings. The highest BCUT2D eigenvalue weighted by Crippen LogP contribution is 2.14. The molecule has 0 aliphatic rings. The molecule has 0 saturated heterocycles. The molecule has 0 amide bonds. The third-order valence-corrected chi connectivity index (χ3v) is 3.36. The van der Waals surface area contributed by atoms with Crippen molar-refractivity contribution in [3.8, 4) is 0 Å². The molecule has 0 spiro atoms. The molecule has 2 rings (SSSR count). The van der Waals surface area contributed by atoms with Crippen molar-refractivity contribution in [2.45, 2.75) is 13.5 Å². The molecule has 1 aromatic carbocycles. The Balaban J connectivity index is 2.12. The summed E-state index contributed by atoms with van der Waals surface area (Å²) in [4.78, 5) is 4.40. The van der Waals surface area contributed by atoms with Gasteiger partial charge in [-0.3, -0.25) is 4.99 Å². The Morgan fingerprint density at radius 2 is 2.00 bits per heavy atom. The van der Waals surface area contributed by atoms with E-state index in [0.717, 1.165) is 5.56 Å². The molecule has 0 aliphatic heterocycles. The fraction of sp³-hybridized carbons (Fsp3) is 0.154. The van der Waals surface area contributed by atoms with Crippen molar-refractivity contribution in [2.75, 3.05) is 0 Å². The highest BCUT2D eigenvalue weighted by molar-refractivity contribution is 7.08. The molecule has 0 radical (unpaired) electrons. The van der Waals surface area contributed by atoms with Crippen molar-refractivity contribution < 1.29 is 0 Å². The summed E-state index contributed by atoms with van der Waals surface area (Å²) in [6.07, 6.45) is 0. The SMILES string of the molecule is Cc1cscc1CN=C(N)c1ccccc1. The van der Waals surface area contributed by atoms with Gasteiger partial charge in [0, 0.05) is 5.56 Å². The summed E-state index contributed by atoms with van der Waals surface area (Å²) in [6.45, 7) is 2.76. The van der Waals surface area contributed by atoms with Crippen LogP contribution in [0.5, 0.6) is 0 Å². The Morgan fingerprint density at radius 3 is 2.62 bits per heavy atom. The average Bonchev–Trinajstić information content (AvgIpc) is 2.73. The van der Waals surface area contributed by atoms with E-state index in [9.17, 15) is 0 Å². The van der Waals surface area contributed by atoms with Gasteiger partial charge in [-0.25, -0.2) is 0 Å². The van der Waals surface area contributed by atoms with Gasteiger partial charge in [0.1, 0.15) is 5.84 Å². The summed E-state index contributed by atoms with van der Waals surface area (Å²) in [5, 5.41) is 4.25. The van der Waals surface area contributed by atoms with Gasteiger partial charge < -0.3 is 5.73 Å². The average molecular weight is 230 g/mol. The number of nitrogens with zero attached hydrogens (tertiary/aromatic N) is 1. The van der Waals surface area contributed by atoms with Crippen LogP contribution in [0.3, 0.4) is 0 Å². The highest BCUT2D eigenvalue weighted by Gasteiger charge is 1.99. The lowest BCUT2D eigenvalue weighted by Crippen LogP contribution is -2.13. The lowest BCUT2D eigenvalue weighted by molar-refractivity contribution is 1.05. The smallest absolute Gasteiger partial charge is 0.125 e. The molecule has 3 heteroatoms. The number of aliphatic imine (C=N–C) groups is 1. The van der Waals surface area contributed by atoms with Gasteiger partial charge in [0.2, 0.25) is 0 Å². The van der Waals surface area contributed by atoms with E-state index in [4.69, 9.17) is 5.73 Å². The van der Waals surface area contributed by atoms with E-state index >= 15 is 0 Å². The second kappa shape index (κ2) is 4.94. The number of nitrogens with two attached hydrogens (primary N) is 1. The third kappa shape index (κ3) is 2.49. The largest absolute Gasteiger partial charge is 0.383 e. The van der Waals surface area contributed by atoms with E-state index < -0.39 is 0 Å². The maximum atomic E-state index is 5.92. The monoisotopic (exact) mass is 230 g/mol. The lowest BCUT2D eigenvalue weighted by Gasteiger charge is -2.00. The van der Waals surface area contributed by atoms with Gasteiger partial charge in [-0.1, -0.05) is 30.3 Å². The molecule has 0 fully saturated rings. The Kier molecular flexibility index (Phi) is 3.37. The predicted octanol–water partition coefficient (Wildman–Crippen LogP) is 2.96. The number of hydrogen-bond acceptors (Lipinski definition) is 2. The summed E-state index contributed by atoms with van der Waals surface area (Å²) < 4.78 is 0.